The van der Waals surface area contributed by atoms with E-state index in [0.717, 1.165) is 36.8 Å². The first-order valence-electron chi connectivity index (χ1n) is 7.57. The maximum absolute atomic E-state index is 11.6. The second kappa shape index (κ2) is 5.72. The molecular formula is C17H20N2O2. The second-order valence-corrected chi connectivity index (χ2v) is 5.72. The Morgan fingerprint density at radius 1 is 1.43 bits per heavy atom. The number of hydrogen-bond acceptors (Lipinski definition) is 3. The molecular weight excluding hydrogens is 264 g/mol. The number of aromatic nitrogens is 1. The fourth-order valence-corrected chi connectivity index (χ4v) is 3.09. The average Bonchev–Trinajstić information content (AvgIpc) is 2.53. The standard InChI is InChI=1S/C17H20N2O2/c1-2-12-6-5-9-19(11-12)16-14(17(20)21)10-13-7-3-4-8-15(13)18-16/h3-4,7-8,10,12H,2,5-6,9,11H2,1H3,(H,20,21). The maximum atomic E-state index is 11.6. The van der Waals surface area contributed by atoms with Crippen LogP contribution in [-0.4, -0.2) is 29.1 Å². The molecule has 1 aromatic carbocycles. The number of nitrogens with zero attached hydrogens (tertiary/aromatic N) is 2. The second-order valence-electron chi connectivity index (χ2n) is 5.72. The van der Waals surface area contributed by atoms with Gasteiger partial charge in [-0.15, -0.1) is 0 Å². The van der Waals surface area contributed by atoms with Crippen molar-refractivity contribution in [3.8, 4) is 0 Å². The Balaban J connectivity index is 2.07. The van der Waals surface area contributed by atoms with Gasteiger partial charge in [0.1, 0.15) is 11.4 Å². The zero-order valence-corrected chi connectivity index (χ0v) is 12.2. The lowest BCUT2D eigenvalue weighted by atomic mass is 9.95. The number of carbonyl (C=O) groups is 1. The number of anilines is 1. The Morgan fingerprint density at radius 2 is 2.24 bits per heavy atom. The molecule has 1 aliphatic rings. The Morgan fingerprint density at radius 3 is 3.00 bits per heavy atom. The number of rotatable bonds is 3. The molecule has 0 saturated carbocycles. The fraction of sp³-hybridized carbons (Fsp3) is 0.412. The van der Waals surface area contributed by atoms with E-state index in [9.17, 15) is 9.90 Å². The van der Waals surface area contributed by atoms with Crippen LogP contribution in [0, 0.1) is 5.92 Å². The van der Waals surface area contributed by atoms with Gasteiger partial charge in [0.05, 0.1) is 5.52 Å². The molecule has 1 aliphatic heterocycles. The van der Waals surface area contributed by atoms with Crippen LogP contribution in [0.25, 0.3) is 10.9 Å². The van der Waals surface area contributed by atoms with Crippen molar-refractivity contribution < 1.29 is 9.90 Å². The van der Waals surface area contributed by atoms with Crippen LogP contribution in [0.4, 0.5) is 5.82 Å². The van der Waals surface area contributed by atoms with Crippen molar-refractivity contribution in [3.63, 3.8) is 0 Å². The Labute approximate surface area is 124 Å². The van der Waals surface area contributed by atoms with Crippen molar-refractivity contribution in [1.29, 1.82) is 0 Å². The van der Waals surface area contributed by atoms with Gasteiger partial charge >= 0.3 is 5.97 Å². The molecule has 0 radical (unpaired) electrons. The fourth-order valence-electron chi connectivity index (χ4n) is 3.09. The first-order chi connectivity index (χ1) is 10.2. The third kappa shape index (κ3) is 2.71. The summed E-state index contributed by atoms with van der Waals surface area (Å²) in [5.41, 5.74) is 1.17. The van der Waals surface area contributed by atoms with Gasteiger partial charge in [-0.2, -0.15) is 0 Å². The summed E-state index contributed by atoms with van der Waals surface area (Å²) < 4.78 is 0. The Bertz CT molecular complexity index is 669. The quantitative estimate of drug-likeness (QED) is 0.936. The molecule has 2 heterocycles. The SMILES string of the molecule is CCC1CCCN(c2nc3ccccc3cc2C(=O)O)C1. The van der Waals surface area contributed by atoms with Gasteiger partial charge in [0.15, 0.2) is 0 Å². The lowest BCUT2D eigenvalue weighted by molar-refractivity contribution is 0.0697. The largest absolute Gasteiger partial charge is 0.478 e. The summed E-state index contributed by atoms with van der Waals surface area (Å²) in [4.78, 5) is 18.4. The van der Waals surface area contributed by atoms with Gasteiger partial charge < -0.3 is 10.0 Å². The van der Waals surface area contributed by atoms with E-state index in [0.29, 0.717) is 17.3 Å². The topological polar surface area (TPSA) is 53.4 Å². The molecule has 4 heteroatoms. The highest BCUT2D eigenvalue weighted by molar-refractivity contribution is 5.98. The predicted octanol–water partition coefficient (Wildman–Crippen LogP) is 3.56. The molecule has 4 nitrogen and oxygen atoms in total. The smallest absolute Gasteiger partial charge is 0.339 e. The van der Waals surface area contributed by atoms with Crippen molar-refractivity contribution in [2.75, 3.05) is 18.0 Å². The number of para-hydroxylation sites is 1. The van der Waals surface area contributed by atoms with Crippen LogP contribution in [0.1, 0.15) is 36.5 Å². The summed E-state index contributed by atoms with van der Waals surface area (Å²) >= 11 is 0. The van der Waals surface area contributed by atoms with Gasteiger partial charge in [0.2, 0.25) is 0 Å². The number of aromatic carboxylic acids is 1. The minimum Gasteiger partial charge on any atom is -0.478 e. The monoisotopic (exact) mass is 284 g/mol. The van der Waals surface area contributed by atoms with Gasteiger partial charge in [0, 0.05) is 18.5 Å². The molecule has 1 atom stereocenters. The van der Waals surface area contributed by atoms with E-state index in [1.54, 1.807) is 6.07 Å². The first kappa shape index (κ1) is 13.9. The molecule has 1 aromatic heterocycles. The van der Waals surface area contributed by atoms with Crippen molar-refractivity contribution in [3.05, 3.63) is 35.9 Å². The number of carboxylic acid groups (broad SMARTS) is 1. The summed E-state index contributed by atoms with van der Waals surface area (Å²) in [5.74, 6) is 0.356. The number of benzene rings is 1. The Kier molecular flexibility index (Phi) is 3.78. The van der Waals surface area contributed by atoms with E-state index < -0.39 is 5.97 Å². The predicted molar refractivity (Wildman–Crippen MR) is 83.9 cm³/mol. The summed E-state index contributed by atoms with van der Waals surface area (Å²) in [7, 11) is 0. The molecule has 0 bridgehead atoms. The van der Waals surface area contributed by atoms with Crippen molar-refractivity contribution >= 4 is 22.7 Å². The average molecular weight is 284 g/mol. The Hall–Kier alpha value is -2.10. The zero-order chi connectivity index (χ0) is 14.8. The molecule has 3 rings (SSSR count). The van der Waals surface area contributed by atoms with Crippen LogP contribution in [0.15, 0.2) is 30.3 Å². The molecule has 0 spiro atoms. The van der Waals surface area contributed by atoms with Crippen LogP contribution in [0.3, 0.4) is 0 Å². The third-order valence-electron chi connectivity index (χ3n) is 4.33. The normalized spacial score (nSPS) is 18.9. The summed E-state index contributed by atoms with van der Waals surface area (Å²) in [6.07, 6.45) is 3.46. The van der Waals surface area contributed by atoms with Crippen LogP contribution in [-0.2, 0) is 0 Å². The number of hydrogen-bond donors (Lipinski definition) is 1. The lowest BCUT2D eigenvalue weighted by Crippen LogP contribution is -2.36. The first-order valence-corrected chi connectivity index (χ1v) is 7.57. The molecule has 0 amide bonds. The molecule has 1 unspecified atom stereocenters. The molecule has 110 valence electrons. The van der Waals surface area contributed by atoms with Crippen LogP contribution >= 0.6 is 0 Å². The molecule has 21 heavy (non-hydrogen) atoms. The van der Waals surface area contributed by atoms with Gasteiger partial charge in [-0.3, -0.25) is 0 Å². The minimum absolute atomic E-state index is 0.311. The van der Waals surface area contributed by atoms with Gasteiger partial charge in [-0.25, -0.2) is 9.78 Å². The molecule has 2 aromatic rings. The molecule has 1 fully saturated rings. The lowest BCUT2D eigenvalue weighted by Gasteiger charge is -2.34. The van der Waals surface area contributed by atoms with E-state index in [4.69, 9.17) is 0 Å². The minimum atomic E-state index is -0.901. The molecule has 1 saturated heterocycles. The zero-order valence-electron chi connectivity index (χ0n) is 12.2. The van der Waals surface area contributed by atoms with Crippen molar-refractivity contribution in [2.45, 2.75) is 26.2 Å². The number of piperidine rings is 1. The summed E-state index contributed by atoms with van der Waals surface area (Å²) in [6.45, 7) is 3.99. The van der Waals surface area contributed by atoms with Gasteiger partial charge in [-0.05, 0) is 30.9 Å². The van der Waals surface area contributed by atoms with Crippen molar-refractivity contribution in [1.82, 2.24) is 4.98 Å². The molecule has 0 aliphatic carbocycles. The number of pyridine rings is 1. The third-order valence-corrected chi connectivity index (χ3v) is 4.33. The van der Waals surface area contributed by atoms with E-state index in [1.165, 1.54) is 6.42 Å². The van der Waals surface area contributed by atoms with Crippen LogP contribution in [0.5, 0.6) is 0 Å². The highest BCUT2D eigenvalue weighted by Gasteiger charge is 2.24. The van der Waals surface area contributed by atoms with E-state index in [-0.39, 0.29) is 0 Å². The van der Waals surface area contributed by atoms with E-state index in [2.05, 4.69) is 16.8 Å². The summed E-state index contributed by atoms with van der Waals surface area (Å²) in [6, 6.07) is 9.43. The van der Waals surface area contributed by atoms with Gasteiger partial charge in [-0.1, -0.05) is 31.5 Å². The highest BCUT2D eigenvalue weighted by atomic mass is 16.4. The van der Waals surface area contributed by atoms with Crippen LogP contribution < -0.4 is 4.90 Å². The highest BCUT2D eigenvalue weighted by Crippen LogP contribution is 2.28. The summed E-state index contributed by atoms with van der Waals surface area (Å²) in [5, 5.41) is 10.4. The van der Waals surface area contributed by atoms with Gasteiger partial charge in [0.25, 0.3) is 0 Å². The molecule has 1 N–H and O–H groups in total. The number of fused-ring (bicyclic) bond motifs is 1. The number of carboxylic acids is 1. The van der Waals surface area contributed by atoms with Crippen LogP contribution in [0.2, 0.25) is 0 Å². The maximum Gasteiger partial charge on any atom is 0.339 e. The van der Waals surface area contributed by atoms with Crippen molar-refractivity contribution in [2.24, 2.45) is 5.92 Å². The van der Waals surface area contributed by atoms with E-state index in [1.807, 2.05) is 24.3 Å². The van der Waals surface area contributed by atoms with E-state index >= 15 is 0 Å².